The SMILES string of the molecule is COC(=O)/C(=C/C(=C/c1ccccc1)c1ccc(OC)cc1)c1ccccc1. The van der Waals surface area contributed by atoms with Crippen LogP contribution in [-0.4, -0.2) is 20.2 Å². The van der Waals surface area contributed by atoms with Crippen molar-refractivity contribution >= 4 is 23.2 Å². The summed E-state index contributed by atoms with van der Waals surface area (Å²) in [5, 5.41) is 0. The molecule has 140 valence electrons. The monoisotopic (exact) mass is 370 g/mol. The minimum atomic E-state index is -0.376. The zero-order valence-corrected chi connectivity index (χ0v) is 16.0. The fourth-order valence-electron chi connectivity index (χ4n) is 2.86. The Morgan fingerprint density at radius 2 is 1.36 bits per heavy atom. The average molecular weight is 370 g/mol. The van der Waals surface area contributed by atoms with E-state index in [0.29, 0.717) is 5.57 Å². The van der Waals surface area contributed by atoms with Gasteiger partial charge in [-0.2, -0.15) is 0 Å². The highest BCUT2D eigenvalue weighted by Crippen LogP contribution is 2.27. The van der Waals surface area contributed by atoms with Gasteiger partial charge in [0.25, 0.3) is 0 Å². The molecule has 0 aliphatic heterocycles. The summed E-state index contributed by atoms with van der Waals surface area (Å²) < 4.78 is 10.3. The molecule has 0 heterocycles. The van der Waals surface area contributed by atoms with Crippen LogP contribution < -0.4 is 4.74 Å². The first kappa shape index (κ1) is 19.2. The summed E-state index contributed by atoms with van der Waals surface area (Å²) in [7, 11) is 3.04. The van der Waals surface area contributed by atoms with Gasteiger partial charge in [0.1, 0.15) is 5.75 Å². The Hall–Kier alpha value is -3.59. The molecule has 28 heavy (non-hydrogen) atoms. The van der Waals surface area contributed by atoms with Crippen LogP contribution in [0.15, 0.2) is 91.0 Å². The van der Waals surface area contributed by atoms with E-state index in [1.54, 1.807) is 7.11 Å². The van der Waals surface area contributed by atoms with E-state index in [9.17, 15) is 4.79 Å². The van der Waals surface area contributed by atoms with Crippen molar-refractivity contribution in [3.63, 3.8) is 0 Å². The fraction of sp³-hybridized carbons (Fsp3) is 0.0800. The van der Waals surface area contributed by atoms with E-state index in [4.69, 9.17) is 9.47 Å². The lowest BCUT2D eigenvalue weighted by Crippen LogP contribution is -2.04. The second-order valence-electron chi connectivity index (χ2n) is 6.15. The van der Waals surface area contributed by atoms with Gasteiger partial charge in [-0.15, -0.1) is 0 Å². The van der Waals surface area contributed by atoms with E-state index >= 15 is 0 Å². The van der Waals surface area contributed by atoms with Crippen LogP contribution in [0.2, 0.25) is 0 Å². The predicted molar refractivity (Wildman–Crippen MR) is 114 cm³/mol. The van der Waals surface area contributed by atoms with E-state index in [1.165, 1.54) is 7.11 Å². The molecule has 0 spiro atoms. The van der Waals surface area contributed by atoms with Gasteiger partial charge in [-0.25, -0.2) is 4.79 Å². The van der Waals surface area contributed by atoms with Crippen LogP contribution in [0.1, 0.15) is 16.7 Å². The second kappa shape index (κ2) is 9.38. The minimum Gasteiger partial charge on any atom is -0.497 e. The van der Waals surface area contributed by atoms with Crippen LogP contribution in [0.3, 0.4) is 0 Å². The van der Waals surface area contributed by atoms with Gasteiger partial charge in [-0.05, 0) is 46.5 Å². The summed E-state index contributed by atoms with van der Waals surface area (Å²) in [5.74, 6) is 0.404. The van der Waals surface area contributed by atoms with Crippen LogP contribution in [0.25, 0.3) is 17.2 Å². The Labute approximate surface area is 165 Å². The highest BCUT2D eigenvalue weighted by Gasteiger charge is 2.14. The number of carbonyl (C=O) groups excluding carboxylic acids is 1. The topological polar surface area (TPSA) is 35.5 Å². The standard InChI is InChI=1S/C25H22O3/c1-27-23-15-13-20(14-16-23)22(17-19-9-5-3-6-10-19)18-24(25(26)28-2)21-11-7-4-8-12-21/h3-18H,1-2H3/b22-17-,24-18+. The third-order valence-electron chi connectivity index (χ3n) is 4.34. The van der Waals surface area contributed by atoms with Gasteiger partial charge in [-0.1, -0.05) is 72.8 Å². The molecule has 3 nitrogen and oxygen atoms in total. The second-order valence-corrected chi connectivity index (χ2v) is 6.15. The van der Waals surface area contributed by atoms with Crippen LogP contribution in [0.5, 0.6) is 5.75 Å². The number of esters is 1. The molecule has 0 fully saturated rings. The summed E-state index contributed by atoms with van der Waals surface area (Å²) in [6.07, 6.45) is 3.92. The van der Waals surface area contributed by atoms with Gasteiger partial charge in [-0.3, -0.25) is 0 Å². The number of rotatable bonds is 6. The molecule has 0 radical (unpaired) electrons. The molecule has 0 unspecified atom stereocenters. The van der Waals surface area contributed by atoms with E-state index in [0.717, 1.165) is 28.0 Å². The molecule has 0 N–H and O–H groups in total. The normalized spacial score (nSPS) is 11.8. The Morgan fingerprint density at radius 3 is 1.93 bits per heavy atom. The number of benzene rings is 3. The lowest BCUT2D eigenvalue weighted by molar-refractivity contribution is -0.133. The van der Waals surface area contributed by atoms with Crippen LogP contribution in [-0.2, 0) is 9.53 Å². The number of hydrogen-bond donors (Lipinski definition) is 0. The van der Waals surface area contributed by atoms with Gasteiger partial charge in [0.2, 0.25) is 0 Å². The summed E-state index contributed by atoms with van der Waals surface area (Å²) in [5.41, 5.74) is 4.23. The molecule has 3 aromatic rings. The molecule has 3 heteroatoms. The molecule has 0 bridgehead atoms. The molecular formula is C25H22O3. The zero-order chi connectivity index (χ0) is 19.8. The molecule has 0 aliphatic carbocycles. The Kier molecular flexibility index (Phi) is 6.42. The van der Waals surface area contributed by atoms with Crippen molar-refractivity contribution in [1.82, 2.24) is 0 Å². The quantitative estimate of drug-likeness (QED) is 0.249. The number of ether oxygens (including phenoxy) is 2. The maximum Gasteiger partial charge on any atom is 0.338 e. The molecular weight excluding hydrogens is 348 g/mol. The smallest absolute Gasteiger partial charge is 0.338 e. The maximum atomic E-state index is 12.5. The average Bonchev–Trinajstić information content (AvgIpc) is 2.77. The summed E-state index contributed by atoms with van der Waals surface area (Å²) in [4.78, 5) is 12.5. The Balaban J connectivity index is 2.14. The largest absolute Gasteiger partial charge is 0.497 e. The van der Waals surface area contributed by atoms with Crippen molar-refractivity contribution in [3.8, 4) is 5.75 Å². The molecule has 3 aromatic carbocycles. The molecule has 0 saturated carbocycles. The van der Waals surface area contributed by atoms with Gasteiger partial charge in [0, 0.05) is 0 Å². The first-order chi connectivity index (χ1) is 13.7. The minimum absolute atomic E-state index is 0.376. The summed E-state index contributed by atoms with van der Waals surface area (Å²) >= 11 is 0. The molecule has 0 aromatic heterocycles. The van der Waals surface area contributed by atoms with Crippen molar-refractivity contribution in [3.05, 3.63) is 108 Å². The molecule has 0 amide bonds. The van der Waals surface area contributed by atoms with Crippen molar-refractivity contribution < 1.29 is 14.3 Å². The highest BCUT2D eigenvalue weighted by atomic mass is 16.5. The highest BCUT2D eigenvalue weighted by molar-refractivity contribution is 6.19. The van der Waals surface area contributed by atoms with Crippen LogP contribution in [0.4, 0.5) is 0 Å². The number of hydrogen-bond acceptors (Lipinski definition) is 3. The van der Waals surface area contributed by atoms with Gasteiger partial charge >= 0.3 is 5.97 Å². The molecule has 0 atom stereocenters. The number of methoxy groups -OCH3 is 2. The lowest BCUT2D eigenvalue weighted by Gasteiger charge is -2.10. The predicted octanol–water partition coefficient (Wildman–Crippen LogP) is 5.49. The third kappa shape index (κ3) is 4.77. The fourth-order valence-corrected chi connectivity index (χ4v) is 2.86. The molecule has 3 rings (SSSR count). The van der Waals surface area contributed by atoms with Gasteiger partial charge < -0.3 is 9.47 Å². The van der Waals surface area contributed by atoms with Crippen LogP contribution >= 0.6 is 0 Å². The summed E-state index contributed by atoms with van der Waals surface area (Å²) in [6, 6.07) is 27.3. The first-order valence-electron chi connectivity index (χ1n) is 8.98. The summed E-state index contributed by atoms with van der Waals surface area (Å²) in [6.45, 7) is 0. The van der Waals surface area contributed by atoms with Crippen molar-refractivity contribution in [2.24, 2.45) is 0 Å². The Bertz CT molecular complexity index is 969. The lowest BCUT2D eigenvalue weighted by atomic mass is 9.97. The number of carbonyl (C=O) groups is 1. The van der Waals surface area contributed by atoms with E-state index in [-0.39, 0.29) is 5.97 Å². The van der Waals surface area contributed by atoms with Crippen molar-refractivity contribution in [2.75, 3.05) is 14.2 Å². The van der Waals surface area contributed by atoms with Gasteiger partial charge in [0.15, 0.2) is 0 Å². The van der Waals surface area contributed by atoms with E-state index in [1.807, 2.05) is 97.1 Å². The van der Waals surface area contributed by atoms with E-state index in [2.05, 4.69) is 0 Å². The van der Waals surface area contributed by atoms with Gasteiger partial charge in [0.05, 0.1) is 19.8 Å². The zero-order valence-electron chi connectivity index (χ0n) is 16.0. The maximum absolute atomic E-state index is 12.5. The number of allylic oxidation sites excluding steroid dienone is 2. The van der Waals surface area contributed by atoms with Crippen molar-refractivity contribution in [2.45, 2.75) is 0 Å². The Morgan fingerprint density at radius 1 is 0.750 bits per heavy atom. The van der Waals surface area contributed by atoms with Crippen LogP contribution in [0, 0.1) is 0 Å². The molecule has 0 aliphatic rings. The van der Waals surface area contributed by atoms with Crippen molar-refractivity contribution in [1.29, 1.82) is 0 Å². The third-order valence-corrected chi connectivity index (χ3v) is 4.34. The first-order valence-corrected chi connectivity index (χ1v) is 8.98. The van der Waals surface area contributed by atoms with E-state index < -0.39 is 0 Å². The molecule has 0 saturated heterocycles.